The summed E-state index contributed by atoms with van der Waals surface area (Å²) >= 11 is 1.33. The maximum absolute atomic E-state index is 13.8. The van der Waals surface area contributed by atoms with E-state index in [9.17, 15) is 13.2 Å². The molecule has 0 radical (unpaired) electrons. The summed E-state index contributed by atoms with van der Waals surface area (Å²) in [5.41, 5.74) is 1.98. The summed E-state index contributed by atoms with van der Waals surface area (Å²) in [6, 6.07) is 13.8. The highest BCUT2D eigenvalue weighted by atomic mass is 32.1. The minimum atomic E-state index is -4.51. The molecule has 0 aliphatic heterocycles. The van der Waals surface area contributed by atoms with E-state index in [2.05, 4.69) is 15.3 Å². The molecule has 1 saturated carbocycles. The highest BCUT2D eigenvalue weighted by Crippen LogP contribution is 2.39. The van der Waals surface area contributed by atoms with Crippen LogP contribution in [-0.2, 0) is 6.18 Å². The summed E-state index contributed by atoms with van der Waals surface area (Å²) in [5, 5.41) is 6.40. The van der Waals surface area contributed by atoms with Crippen LogP contribution in [0.15, 0.2) is 60.1 Å². The zero-order valence-corrected chi connectivity index (χ0v) is 19.3. The largest absolute Gasteiger partial charge is 0.493 e. The van der Waals surface area contributed by atoms with Gasteiger partial charge in [0.15, 0.2) is 5.13 Å². The van der Waals surface area contributed by atoms with E-state index in [4.69, 9.17) is 4.74 Å². The molecule has 0 bridgehead atoms. The van der Waals surface area contributed by atoms with Crippen molar-refractivity contribution < 1.29 is 17.9 Å². The smallest absolute Gasteiger partial charge is 0.420 e. The van der Waals surface area contributed by atoms with E-state index in [-0.39, 0.29) is 5.75 Å². The van der Waals surface area contributed by atoms with Gasteiger partial charge in [-0.2, -0.15) is 13.2 Å². The lowest BCUT2D eigenvalue weighted by Crippen LogP contribution is -2.17. The van der Waals surface area contributed by atoms with Crippen LogP contribution in [0.1, 0.15) is 37.7 Å². The van der Waals surface area contributed by atoms with Crippen LogP contribution in [0, 0.1) is 5.92 Å². The Morgan fingerprint density at radius 1 is 1.03 bits per heavy atom. The van der Waals surface area contributed by atoms with Crippen LogP contribution >= 0.6 is 11.3 Å². The van der Waals surface area contributed by atoms with Crippen molar-refractivity contribution >= 4 is 33.1 Å². The second kappa shape index (κ2) is 9.62. The van der Waals surface area contributed by atoms with Crippen molar-refractivity contribution in [3.63, 3.8) is 0 Å². The lowest BCUT2D eigenvalue weighted by Gasteiger charge is -2.23. The summed E-state index contributed by atoms with van der Waals surface area (Å²) in [6.07, 6.45) is 2.68. The Bertz CT molecular complexity index is 1280. The first kappa shape index (κ1) is 22.7. The number of nitrogens with zero attached hydrogens (tertiary/aromatic N) is 2. The third-order valence-electron chi connectivity index (χ3n) is 6.15. The Labute approximate surface area is 199 Å². The molecule has 34 heavy (non-hydrogen) atoms. The van der Waals surface area contributed by atoms with Crippen LogP contribution in [0.4, 0.5) is 24.0 Å². The molecule has 8 heteroatoms. The lowest BCUT2D eigenvalue weighted by atomic mass is 9.90. The molecule has 1 aliphatic rings. The highest BCUT2D eigenvalue weighted by Gasteiger charge is 2.35. The van der Waals surface area contributed by atoms with E-state index in [1.807, 2.05) is 35.7 Å². The number of fused-ring (bicyclic) bond motifs is 1. The molecule has 2 aromatic heterocycles. The van der Waals surface area contributed by atoms with Crippen molar-refractivity contribution in [2.45, 2.75) is 38.3 Å². The Morgan fingerprint density at radius 3 is 2.68 bits per heavy atom. The van der Waals surface area contributed by atoms with Crippen LogP contribution in [-0.4, -0.2) is 16.6 Å². The quantitative estimate of drug-likeness (QED) is 0.301. The van der Waals surface area contributed by atoms with Crippen LogP contribution in [0.3, 0.4) is 0 Å². The first-order chi connectivity index (χ1) is 16.5. The van der Waals surface area contributed by atoms with Crippen molar-refractivity contribution in [1.29, 1.82) is 0 Å². The number of alkyl halides is 3. The fraction of sp³-hybridized carbons (Fsp3) is 0.308. The summed E-state index contributed by atoms with van der Waals surface area (Å²) in [6.45, 7) is 0.324. The van der Waals surface area contributed by atoms with Gasteiger partial charge in [0.25, 0.3) is 0 Å². The van der Waals surface area contributed by atoms with Crippen molar-refractivity contribution in [1.82, 2.24) is 9.97 Å². The summed E-state index contributed by atoms with van der Waals surface area (Å²) in [7, 11) is 0. The number of anilines is 2. The van der Waals surface area contributed by atoms with Crippen molar-refractivity contribution in [2.75, 3.05) is 11.9 Å². The van der Waals surface area contributed by atoms with Gasteiger partial charge in [-0.1, -0.05) is 43.5 Å². The fourth-order valence-corrected chi connectivity index (χ4v) is 5.14. The maximum Gasteiger partial charge on any atom is 0.420 e. The van der Waals surface area contributed by atoms with Crippen molar-refractivity contribution in [3.8, 4) is 17.0 Å². The minimum absolute atomic E-state index is 0.120. The number of aromatic nitrogens is 2. The molecule has 0 atom stereocenters. The molecular weight excluding hydrogens is 459 g/mol. The Balaban J connectivity index is 1.36. The van der Waals surface area contributed by atoms with Gasteiger partial charge < -0.3 is 10.1 Å². The highest BCUT2D eigenvalue weighted by molar-refractivity contribution is 7.14. The third kappa shape index (κ3) is 5.01. The fourth-order valence-electron chi connectivity index (χ4n) is 4.41. The average Bonchev–Trinajstić information content (AvgIpc) is 3.31. The number of hydrogen-bond donors (Lipinski definition) is 1. The van der Waals surface area contributed by atoms with Crippen molar-refractivity contribution in [3.05, 3.63) is 65.7 Å². The second-order valence-electron chi connectivity index (χ2n) is 8.57. The van der Waals surface area contributed by atoms with Crippen LogP contribution in [0.25, 0.3) is 22.2 Å². The SMILES string of the molecule is FC(F)(F)c1cc(Nc2nc(-c3cccc4cccnc34)cs2)ccc1OCC1CCCCC1. The molecule has 0 amide bonds. The van der Waals surface area contributed by atoms with Gasteiger partial charge in [-0.25, -0.2) is 4.98 Å². The normalized spacial score (nSPS) is 14.9. The number of thiazole rings is 1. The molecule has 2 heterocycles. The number of hydrogen-bond acceptors (Lipinski definition) is 5. The summed E-state index contributed by atoms with van der Waals surface area (Å²) in [5.74, 6) is 0.204. The van der Waals surface area contributed by atoms with Gasteiger partial charge in [-0.3, -0.25) is 4.98 Å². The number of pyridine rings is 1. The van der Waals surface area contributed by atoms with E-state index in [0.717, 1.165) is 53.9 Å². The molecule has 0 unspecified atom stereocenters. The number of benzene rings is 2. The zero-order chi connectivity index (χ0) is 23.5. The molecular formula is C26H24F3N3OS. The van der Waals surface area contributed by atoms with Crippen molar-refractivity contribution in [2.24, 2.45) is 5.92 Å². The average molecular weight is 484 g/mol. The van der Waals surface area contributed by atoms with Crippen LogP contribution < -0.4 is 10.1 Å². The second-order valence-corrected chi connectivity index (χ2v) is 9.43. The molecule has 5 rings (SSSR count). The molecule has 1 N–H and O–H groups in total. The van der Waals surface area contributed by atoms with Gasteiger partial charge in [0.2, 0.25) is 0 Å². The van der Waals surface area contributed by atoms with Gasteiger partial charge in [0.1, 0.15) is 5.75 Å². The first-order valence-corrected chi connectivity index (χ1v) is 12.3. The van der Waals surface area contributed by atoms with E-state index in [0.29, 0.717) is 23.3 Å². The molecule has 176 valence electrons. The molecule has 2 aromatic carbocycles. The topological polar surface area (TPSA) is 47.0 Å². The zero-order valence-electron chi connectivity index (χ0n) is 18.4. The maximum atomic E-state index is 13.8. The predicted octanol–water partition coefficient (Wildman–Crippen LogP) is 8.08. The number of ether oxygens (including phenoxy) is 1. The molecule has 1 fully saturated rings. The van der Waals surface area contributed by atoms with E-state index in [1.54, 1.807) is 12.3 Å². The number of nitrogens with one attached hydrogen (secondary N) is 1. The molecule has 1 aliphatic carbocycles. The number of halogens is 3. The standard InChI is InChI=1S/C26H24F3N3OS/c27-26(28,29)21-14-19(11-12-23(21)33-15-17-6-2-1-3-7-17)31-25-32-22(16-34-25)20-10-4-8-18-9-5-13-30-24(18)20/h4-5,8-14,16-17H,1-3,6-7,15H2,(H,31,32). The van der Waals surface area contributed by atoms with Gasteiger partial charge >= 0.3 is 6.18 Å². The third-order valence-corrected chi connectivity index (χ3v) is 6.91. The van der Waals surface area contributed by atoms with Gasteiger partial charge in [-0.15, -0.1) is 11.3 Å². The molecule has 0 saturated heterocycles. The molecule has 4 nitrogen and oxygen atoms in total. The van der Waals surface area contributed by atoms with Gasteiger partial charge in [0.05, 0.1) is 23.4 Å². The molecule has 0 spiro atoms. The molecule has 4 aromatic rings. The van der Waals surface area contributed by atoms with E-state index >= 15 is 0 Å². The summed E-state index contributed by atoms with van der Waals surface area (Å²) in [4.78, 5) is 9.05. The van der Waals surface area contributed by atoms with Crippen LogP contribution in [0.2, 0.25) is 0 Å². The number of rotatable bonds is 6. The predicted molar refractivity (Wildman–Crippen MR) is 130 cm³/mol. The number of para-hydroxylation sites is 1. The van der Waals surface area contributed by atoms with Gasteiger partial charge in [0, 0.05) is 28.2 Å². The Hall–Kier alpha value is -3.13. The van der Waals surface area contributed by atoms with E-state index in [1.165, 1.54) is 23.8 Å². The van der Waals surface area contributed by atoms with E-state index < -0.39 is 11.7 Å². The minimum Gasteiger partial charge on any atom is -0.493 e. The Kier molecular flexibility index (Phi) is 6.41. The first-order valence-electron chi connectivity index (χ1n) is 11.4. The Morgan fingerprint density at radius 2 is 1.85 bits per heavy atom. The monoisotopic (exact) mass is 483 g/mol. The lowest BCUT2D eigenvalue weighted by molar-refractivity contribution is -0.139. The van der Waals surface area contributed by atoms with Gasteiger partial charge in [-0.05, 0) is 43.0 Å². The summed E-state index contributed by atoms with van der Waals surface area (Å²) < 4.78 is 47.0. The van der Waals surface area contributed by atoms with Crippen LogP contribution in [0.5, 0.6) is 5.75 Å².